The third-order valence-electron chi connectivity index (χ3n) is 2.17. The van der Waals surface area contributed by atoms with Gasteiger partial charge in [-0.2, -0.15) is 0 Å². The Morgan fingerprint density at radius 2 is 1.73 bits per heavy atom. The van der Waals surface area contributed by atoms with Crippen LogP contribution >= 0.6 is 0 Å². The Balaban J connectivity index is 2.80. The van der Waals surface area contributed by atoms with E-state index in [2.05, 4.69) is 4.99 Å². The minimum absolute atomic E-state index is 0.0121. The normalized spacial score (nSPS) is 10.1. The number of aliphatic imine (C=N–C) groups is 1. The summed E-state index contributed by atoms with van der Waals surface area (Å²) in [7, 11) is 0. The summed E-state index contributed by atoms with van der Waals surface area (Å²) in [6.45, 7) is 0. The van der Waals surface area contributed by atoms with Crippen molar-refractivity contribution in [1.29, 1.82) is 0 Å². The molecular formula is C11H12N4. The summed E-state index contributed by atoms with van der Waals surface area (Å²) < 4.78 is 0. The first kappa shape index (κ1) is 9.33. The second-order valence-corrected chi connectivity index (χ2v) is 3.26. The lowest BCUT2D eigenvalue weighted by molar-refractivity contribution is 1.44. The molecule has 2 aromatic rings. The molecular weight excluding hydrogens is 188 g/mol. The maximum Gasteiger partial charge on any atom is 0.191 e. The summed E-state index contributed by atoms with van der Waals surface area (Å²) >= 11 is 0. The van der Waals surface area contributed by atoms with Gasteiger partial charge in [-0.3, -0.25) is 0 Å². The van der Waals surface area contributed by atoms with Gasteiger partial charge in [-0.15, -0.1) is 0 Å². The zero-order valence-corrected chi connectivity index (χ0v) is 8.14. The molecule has 76 valence electrons. The zero-order valence-electron chi connectivity index (χ0n) is 8.14. The standard InChI is InChI=1S/C11H12N4/c12-9-6-5-7-3-1-2-4-8(7)10(9)15-11(13)14/h1-6H,12H2,(H4,13,14,15). The van der Waals surface area contributed by atoms with Crippen molar-refractivity contribution in [2.45, 2.75) is 0 Å². The molecule has 0 atom stereocenters. The fraction of sp³-hybridized carbons (Fsp3) is 0. The maximum absolute atomic E-state index is 5.82. The third-order valence-corrected chi connectivity index (χ3v) is 2.17. The van der Waals surface area contributed by atoms with Crippen molar-refractivity contribution in [2.75, 3.05) is 5.73 Å². The van der Waals surface area contributed by atoms with Crippen LogP contribution in [0.4, 0.5) is 11.4 Å². The molecule has 0 saturated heterocycles. The van der Waals surface area contributed by atoms with E-state index in [4.69, 9.17) is 17.2 Å². The first-order chi connectivity index (χ1) is 7.18. The molecule has 0 unspecified atom stereocenters. The summed E-state index contributed by atoms with van der Waals surface area (Å²) in [6.07, 6.45) is 0. The summed E-state index contributed by atoms with van der Waals surface area (Å²) in [5, 5.41) is 2.01. The van der Waals surface area contributed by atoms with E-state index in [1.807, 2.05) is 30.3 Å². The minimum atomic E-state index is 0.0121. The molecule has 2 rings (SSSR count). The molecule has 0 radical (unpaired) electrons. The van der Waals surface area contributed by atoms with Crippen LogP contribution in [-0.2, 0) is 0 Å². The molecule has 4 nitrogen and oxygen atoms in total. The first-order valence-electron chi connectivity index (χ1n) is 4.55. The molecule has 6 N–H and O–H groups in total. The van der Waals surface area contributed by atoms with Crippen LogP contribution in [0.1, 0.15) is 0 Å². The van der Waals surface area contributed by atoms with E-state index in [9.17, 15) is 0 Å². The van der Waals surface area contributed by atoms with Gasteiger partial charge < -0.3 is 17.2 Å². The molecule has 0 aromatic heterocycles. The van der Waals surface area contributed by atoms with E-state index in [1.54, 1.807) is 6.07 Å². The average Bonchev–Trinajstić information content (AvgIpc) is 2.22. The number of nitrogen functional groups attached to an aromatic ring is 1. The number of rotatable bonds is 1. The molecule has 0 bridgehead atoms. The summed E-state index contributed by atoms with van der Waals surface area (Å²) in [6, 6.07) is 11.5. The lowest BCUT2D eigenvalue weighted by Gasteiger charge is -2.05. The van der Waals surface area contributed by atoms with Crippen LogP contribution in [0.25, 0.3) is 10.8 Å². The van der Waals surface area contributed by atoms with Crippen LogP contribution < -0.4 is 17.2 Å². The Morgan fingerprint density at radius 1 is 1.00 bits per heavy atom. The van der Waals surface area contributed by atoms with Crippen LogP contribution in [0.5, 0.6) is 0 Å². The monoisotopic (exact) mass is 200 g/mol. The van der Waals surface area contributed by atoms with Gasteiger partial charge in [0.15, 0.2) is 5.96 Å². The average molecular weight is 200 g/mol. The summed E-state index contributed by atoms with van der Waals surface area (Å²) in [5.74, 6) is 0.0121. The number of guanidine groups is 1. The Morgan fingerprint density at radius 3 is 2.47 bits per heavy atom. The van der Waals surface area contributed by atoms with Gasteiger partial charge >= 0.3 is 0 Å². The van der Waals surface area contributed by atoms with Gasteiger partial charge in [0.2, 0.25) is 0 Å². The molecule has 0 aliphatic heterocycles. The molecule has 0 spiro atoms. The van der Waals surface area contributed by atoms with E-state index in [1.165, 1.54) is 0 Å². The van der Waals surface area contributed by atoms with Gasteiger partial charge in [0, 0.05) is 5.39 Å². The number of fused-ring (bicyclic) bond motifs is 1. The van der Waals surface area contributed by atoms with Crippen molar-refractivity contribution >= 4 is 28.1 Å². The van der Waals surface area contributed by atoms with Crippen LogP contribution in [0.3, 0.4) is 0 Å². The van der Waals surface area contributed by atoms with Crippen LogP contribution in [-0.4, -0.2) is 5.96 Å². The van der Waals surface area contributed by atoms with Crippen LogP contribution in [0.2, 0.25) is 0 Å². The SMILES string of the molecule is NC(N)=Nc1c(N)ccc2ccccc12. The topological polar surface area (TPSA) is 90.4 Å². The van der Waals surface area contributed by atoms with Gasteiger partial charge in [-0.05, 0) is 11.5 Å². The van der Waals surface area contributed by atoms with E-state index in [0.717, 1.165) is 10.8 Å². The third kappa shape index (κ3) is 1.69. The lowest BCUT2D eigenvalue weighted by atomic mass is 10.1. The van der Waals surface area contributed by atoms with Gasteiger partial charge in [0.25, 0.3) is 0 Å². The summed E-state index contributed by atoms with van der Waals surface area (Å²) in [4.78, 5) is 4.03. The number of anilines is 1. The van der Waals surface area contributed by atoms with Crippen molar-refractivity contribution in [1.82, 2.24) is 0 Å². The quantitative estimate of drug-likeness (QED) is 0.368. The van der Waals surface area contributed by atoms with Crippen molar-refractivity contribution in [3.63, 3.8) is 0 Å². The minimum Gasteiger partial charge on any atom is -0.397 e. The molecule has 0 aliphatic rings. The number of nitrogens with zero attached hydrogens (tertiary/aromatic N) is 1. The highest BCUT2D eigenvalue weighted by Crippen LogP contribution is 2.31. The van der Waals surface area contributed by atoms with E-state index in [-0.39, 0.29) is 5.96 Å². The highest BCUT2D eigenvalue weighted by Gasteiger charge is 2.03. The highest BCUT2D eigenvalue weighted by atomic mass is 15.0. The van der Waals surface area contributed by atoms with Gasteiger partial charge in [-0.25, -0.2) is 4.99 Å². The molecule has 0 heterocycles. The second kappa shape index (κ2) is 3.49. The molecule has 0 amide bonds. The lowest BCUT2D eigenvalue weighted by Crippen LogP contribution is -2.22. The molecule has 0 aliphatic carbocycles. The molecule has 0 fully saturated rings. The largest absolute Gasteiger partial charge is 0.397 e. The Hall–Kier alpha value is -2.23. The van der Waals surface area contributed by atoms with Crippen LogP contribution in [0, 0.1) is 0 Å². The van der Waals surface area contributed by atoms with Crippen molar-refractivity contribution in [3.8, 4) is 0 Å². The van der Waals surface area contributed by atoms with E-state index in [0.29, 0.717) is 11.4 Å². The first-order valence-corrected chi connectivity index (χ1v) is 4.55. The van der Waals surface area contributed by atoms with Crippen LogP contribution in [0.15, 0.2) is 41.4 Å². The number of hydrogen-bond acceptors (Lipinski definition) is 2. The smallest absolute Gasteiger partial charge is 0.191 e. The van der Waals surface area contributed by atoms with Crippen molar-refractivity contribution in [3.05, 3.63) is 36.4 Å². The van der Waals surface area contributed by atoms with E-state index >= 15 is 0 Å². The summed E-state index contributed by atoms with van der Waals surface area (Å²) in [5.41, 5.74) is 17.7. The van der Waals surface area contributed by atoms with Gasteiger partial charge in [0.05, 0.1) is 11.4 Å². The Kier molecular flexibility index (Phi) is 2.17. The Labute approximate surface area is 87.4 Å². The van der Waals surface area contributed by atoms with Gasteiger partial charge in [0.1, 0.15) is 0 Å². The van der Waals surface area contributed by atoms with Crippen molar-refractivity contribution < 1.29 is 0 Å². The second-order valence-electron chi connectivity index (χ2n) is 3.26. The maximum atomic E-state index is 5.82. The molecule has 2 aromatic carbocycles. The fourth-order valence-electron chi connectivity index (χ4n) is 1.53. The number of benzene rings is 2. The molecule has 0 saturated carbocycles. The highest BCUT2D eigenvalue weighted by molar-refractivity contribution is 6.00. The van der Waals surface area contributed by atoms with Crippen molar-refractivity contribution in [2.24, 2.45) is 16.5 Å². The molecule has 15 heavy (non-hydrogen) atoms. The Bertz CT molecular complexity index is 527. The number of hydrogen-bond donors (Lipinski definition) is 3. The predicted octanol–water partition coefficient (Wildman–Crippen LogP) is 1.33. The zero-order chi connectivity index (χ0) is 10.8. The van der Waals surface area contributed by atoms with Gasteiger partial charge in [-0.1, -0.05) is 30.3 Å². The molecule has 4 heteroatoms. The predicted molar refractivity (Wildman–Crippen MR) is 63.8 cm³/mol. The number of nitrogens with two attached hydrogens (primary N) is 3. The van der Waals surface area contributed by atoms with E-state index < -0.39 is 0 Å². The fourth-order valence-corrected chi connectivity index (χ4v) is 1.53.